The van der Waals surface area contributed by atoms with E-state index in [4.69, 9.17) is 11.1 Å². The highest BCUT2D eigenvalue weighted by Crippen LogP contribution is 2.25. The minimum atomic E-state index is -0.260. The summed E-state index contributed by atoms with van der Waals surface area (Å²) in [5, 5.41) is 16.8. The first-order valence-electron chi connectivity index (χ1n) is 5.81. The van der Waals surface area contributed by atoms with Crippen molar-refractivity contribution in [2.45, 2.75) is 19.4 Å². The van der Waals surface area contributed by atoms with E-state index in [1.54, 1.807) is 12.3 Å². The normalized spacial score (nSPS) is 21.5. The zero-order valence-electron chi connectivity index (χ0n) is 9.93. The Morgan fingerprint density at radius 1 is 1.65 bits per heavy atom. The number of anilines is 1. The van der Waals surface area contributed by atoms with E-state index in [-0.39, 0.29) is 11.9 Å². The van der Waals surface area contributed by atoms with Crippen molar-refractivity contribution in [3.63, 3.8) is 0 Å². The van der Waals surface area contributed by atoms with Crippen molar-refractivity contribution in [1.82, 2.24) is 4.98 Å². The zero-order chi connectivity index (χ0) is 12.4. The highest BCUT2D eigenvalue weighted by molar-refractivity contribution is 5.93. The number of aliphatic hydroxyl groups is 1. The van der Waals surface area contributed by atoms with Crippen molar-refractivity contribution in [3.05, 3.63) is 24.0 Å². The van der Waals surface area contributed by atoms with Gasteiger partial charge in [-0.25, -0.2) is 0 Å². The van der Waals surface area contributed by atoms with Crippen LogP contribution in [-0.2, 0) is 0 Å². The molecule has 2 heterocycles. The molecule has 0 spiro atoms. The Bertz CT molecular complexity index is 401. The quantitative estimate of drug-likeness (QED) is 0.527. The third kappa shape index (κ3) is 2.55. The molecule has 4 N–H and O–H groups in total. The van der Waals surface area contributed by atoms with Crippen LogP contribution < -0.4 is 10.6 Å². The van der Waals surface area contributed by atoms with Gasteiger partial charge in [-0.3, -0.25) is 10.4 Å². The van der Waals surface area contributed by atoms with Crippen LogP contribution in [0.4, 0.5) is 5.69 Å². The second-order valence-corrected chi connectivity index (χ2v) is 4.55. The van der Waals surface area contributed by atoms with Crippen LogP contribution >= 0.6 is 0 Å². The van der Waals surface area contributed by atoms with Gasteiger partial charge >= 0.3 is 0 Å². The average Bonchev–Trinajstić information content (AvgIpc) is 2.78. The smallest absolute Gasteiger partial charge is 0.141 e. The maximum absolute atomic E-state index is 9.55. The fourth-order valence-corrected chi connectivity index (χ4v) is 2.15. The molecule has 0 radical (unpaired) electrons. The van der Waals surface area contributed by atoms with Crippen molar-refractivity contribution in [1.29, 1.82) is 5.41 Å². The molecule has 1 aliphatic rings. The first kappa shape index (κ1) is 11.9. The Kier molecular flexibility index (Phi) is 3.28. The molecule has 5 heteroatoms. The molecule has 5 nitrogen and oxygen atoms in total. The summed E-state index contributed by atoms with van der Waals surface area (Å²) in [5.74, 6) is 0.322. The van der Waals surface area contributed by atoms with Crippen molar-refractivity contribution in [2.24, 2.45) is 11.7 Å². The van der Waals surface area contributed by atoms with Crippen LogP contribution in [0.3, 0.4) is 0 Å². The molecule has 1 aromatic rings. The van der Waals surface area contributed by atoms with Crippen LogP contribution in [0.2, 0.25) is 0 Å². The fraction of sp³-hybridized carbons (Fsp3) is 0.500. The molecule has 2 atom stereocenters. The summed E-state index contributed by atoms with van der Waals surface area (Å²) >= 11 is 0. The summed E-state index contributed by atoms with van der Waals surface area (Å²) in [4.78, 5) is 6.34. The van der Waals surface area contributed by atoms with Crippen molar-refractivity contribution in [3.8, 4) is 0 Å². The van der Waals surface area contributed by atoms with E-state index in [0.29, 0.717) is 11.6 Å². The molecule has 1 aromatic heterocycles. The van der Waals surface area contributed by atoms with Crippen LogP contribution in [0, 0.1) is 11.3 Å². The number of nitrogen functional groups attached to an aromatic ring is 1. The lowest BCUT2D eigenvalue weighted by Crippen LogP contribution is -2.24. The number of nitrogens with two attached hydrogens (primary N) is 1. The first-order valence-corrected chi connectivity index (χ1v) is 5.81. The summed E-state index contributed by atoms with van der Waals surface area (Å²) in [7, 11) is 0. The van der Waals surface area contributed by atoms with Crippen LogP contribution in [0.5, 0.6) is 0 Å². The van der Waals surface area contributed by atoms with E-state index in [1.165, 1.54) is 0 Å². The number of aliphatic hydroxyl groups excluding tert-OH is 1. The molecule has 0 aliphatic carbocycles. The van der Waals surface area contributed by atoms with Crippen LogP contribution in [-0.4, -0.2) is 35.1 Å². The van der Waals surface area contributed by atoms with Crippen LogP contribution in [0.1, 0.15) is 19.0 Å². The van der Waals surface area contributed by atoms with Crippen molar-refractivity contribution < 1.29 is 5.11 Å². The molecule has 0 amide bonds. The number of hydrogen-bond acceptors (Lipinski definition) is 4. The van der Waals surface area contributed by atoms with Gasteiger partial charge < -0.3 is 15.7 Å². The number of nitrogens with one attached hydrogen (secondary N) is 1. The molecule has 17 heavy (non-hydrogen) atoms. The van der Waals surface area contributed by atoms with Crippen molar-refractivity contribution >= 4 is 11.5 Å². The number of hydrogen-bond donors (Lipinski definition) is 3. The third-order valence-electron chi connectivity index (χ3n) is 3.30. The van der Waals surface area contributed by atoms with E-state index in [9.17, 15) is 5.11 Å². The lowest BCUT2D eigenvalue weighted by Gasteiger charge is -2.19. The summed E-state index contributed by atoms with van der Waals surface area (Å²) < 4.78 is 0. The average molecular weight is 234 g/mol. The molecule has 1 aliphatic heterocycles. The molecular weight excluding hydrogens is 216 g/mol. The predicted molar refractivity (Wildman–Crippen MR) is 67.3 cm³/mol. The number of amidine groups is 1. The molecule has 1 saturated heterocycles. The zero-order valence-corrected chi connectivity index (χ0v) is 9.93. The fourth-order valence-electron chi connectivity index (χ4n) is 2.15. The number of aromatic nitrogens is 1. The monoisotopic (exact) mass is 234 g/mol. The van der Waals surface area contributed by atoms with E-state index < -0.39 is 0 Å². The van der Waals surface area contributed by atoms with E-state index in [1.807, 2.05) is 13.0 Å². The third-order valence-corrected chi connectivity index (χ3v) is 3.30. The minimum Gasteiger partial charge on any atom is -0.393 e. The highest BCUT2D eigenvalue weighted by atomic mass is 16.3. The standard InChI is InChI=1S/C12H18N4O/c1-8(17)9-4-5-16(7-9)10-2-3-11(12(13)14)15-6-10/h2-3,6,8-9,17H,4-5,7H2,1H3,(H3,13,14). The molecule has 1 fully saturated rings. The Morgan fingerprint density at radius 2 is 2.41 bits per heavy atom. The van der Waals surface area contributed by atoms with Crippen LogP contribution in [0.25, 0.3) is 0 Å². The predicted octanol–water partition coefficient (Wildman–Crippen LogP) is 0.573. The molecule has 0 saturated carbocycles. The van der Waals surface area contributed by atoms with E-state index in [0.717, 1.165) is 25.2 Å². The van der Waals surface area contributed by atoms with Gasteiger partial charge in [-0.05, 0) is 25.5 Å². The second kappa shape index (κ2) is 4.71. The lowest BCUT2D eigenvalue weighted by molar-refractivity contribution is 0.136. The maximum atomic E-state index is 9.55. The minimum absolute atomic E-state index is 0.0140. The molecule has 0 aromatic carbocycles. The van der Waals surface area contributed by atoms with Gasteiger partial charge in [-0.2, -0.15) is 0 Å². The number of pyridine rings is 1. The highest BCUT2D eigenvalue weighted by Gasteiger charge is 2.26. The molecule has 0 bridgehead atoms. The summed E-state index contributed by atoms with van der Waals surface area (Å²) in [6, 6.07) is 3.68. The Labute approximate surface area is 101 Å². The van der Waals surface area contributed by atoms with Crippen LogP contribution in [0.15, 0.2) is 18.3 Å². The van der Waals surface area contributed by atoms with Gasteiger partial charge in [0.25, 0.3) is 0 Å². The Hall–Kier alpha value is -1.62. The first-order chi connectivity index (χ1) is 8.08. The second-order valence-electron chi connectivity index (χ2n) is 4.55. The number of rotatable bonds is 3. The van der Waals surface area contributed by atoms with Crippen molar-refractivity contribution in [2.75, 3.05) is 18.0 Å². The molecule has 92 valence electrons. The summed E-state index contributed by atoms with van der Waals surface area (Å²) in [6.45, 7) is 3.64. The van der Waals surface area contributed by atoms with Gasteiger partial charge in [0.05, 0.1) is 18.0 Å². The van der Waals surface area contributed by atoms with Gasteiger partial charge in [0.2, 0.25) is 0 Å². The SMILES string of the molecule is CC(O)C1CCN(c2ccc(C(=N)N)nc2)C1. The number of nitrogens with zero attached hydrogens (tertiary/aromatic N) is 2. The van der Waals surface area contributed by atoms with E-state index in [2.05, 4.69) is 9.88 Å². The summed E-state index contributed by atoms with van der Waals surface area (Å²) in [6.07, 6.45) is 2.48. The van der Waals surface area contributed by atoms with Gasteiger partial charge in [-0.1, -0.05) is 0 Å². The van der Waals surface area contributed by atoms with Gasteiger partial charge in [0.1, 0.15) is 11.5 Å². The van der Waals surface area contributed by atoms with Gasteiger partial charge in [0, 0.05) is 19.0 Å². The largest absolute Gasteiger partial charge is 0.393 e. The lowest BCUT2D eigenvalue weighted by atomic mass is 10.0. The maximum Gasteiger partial charge on any atom is 0.141 e. The summed E-state index contributed by atoms with van der Waals surface area (Å²) in [5.41, 5.74) is 6.88. The topological polar surface area (TPSA) is 86.2 Å². The molecule has 2 unspecified atom stereocenters. The molecular formula is C12H18N4O. The van der Waals surface area contributed by atoms with Gasteiger partial charge in [0.15, 0.2) is 0 Å². The Balaban J connectivity index is 2.06. The van der Waals surface area contributed by atoms with E-state index >= 15 is 0 Å². The van der Waals surface area contributed by atoms with Gasteiger partial charge in [-0.15, -0.1) is 0 Å². The molecule has 2 rings (SSSR count). The Morgan fingerprint density at radius 3 is 2.88 bits per heavy atom.